The Kier molecular flexibility index (Phi) is 15.6. The number of allylic oxidation sites excluding steroid dienone is 7. The summed E-state index contributed by atoms with van der Waals surface area (Å²) in [6.45, 7) is 2.08. The molecule has 0 aromatic heterocycles. The van der Waals surface area contributed by atoms with Crippen LogP contribution in [-0.2, 0) is 4.79 Å². The summed E-state index contributed by atoms with van der Waals surface area (Å²) < 4.78 is 0. The number of carboxylic acids is 1. The third kappa shape index (κ3) is 18.3. The number of carbonyl (C=O) groups is 1. The molecule has 1 atom stereocenters. The van der Waals surface area contributed by atoms with Crippen molar-refractivity contribution in [2.75, 3.05) is 0 Å². The van der Waals surface area contributed by atoms with Crippen LogP contribution in [0.1, 0.15) is 64.7 Å². The van der Waals surface area contributed by atoms with Gasteiger partial charge < -0.3 is 10.2 Å². The Morgan fingerprint density at radius 3 is 1.96 bits per heavy atom. The van der Waals surface area contributed by atoms with Gasteiger partial charge in [-0.15, -0.1) is 0 Å². The number of hydrogen-bond donors (Lipinski definition) is 2. The summed E-state index contributed by atoms with van der Waals surface area (Å²) in [6.07, 6.45) is 23.8. The number of aliphatic hydroxyl groups is 1. The van der Waals surface area contributed by atoms with E-state index in [1.54, 1.807) is 0 Å². The molecule has 3 nitrogen and oxygen atoms in total. The first-order chi connectivity index (χ1) is 11.2. The molecule has 0 fully saturated rings. The van der Waals surface area contributed by atoms with Crippen molar-refractivity contribution in [1.82, 2.24) is 0 Å². The minimum Gasteiger partial charge on any atom is -0.481 e. The van der Waals surface area contributed by atoms with E-state index in [0.717, 1.165) is 44.9 Å². The molecule has 0 radical (unpaired) electrons. The fourth-order valence-corrected chi connectivity index (χ4v) is 2.01. The fourth-order valence-electron chi connectivity index (χ4n) is 2.01. The zero-order valence-corrected chi connectivity index (χ0v) is 14.4. The van der Waals surface area contributed by atoms with E-state index in [1.165, 1.54) is 0 Å². The third-order valence-electron chi connectivity index (χ3n) is 3.27. The Balaban J connectivity index is 3.50. The van der Waals surface area contributed by atoms with Crippen molar-refractivity contribution < 1.29 is 15.0 Å². The largest absolute Gasteiger partial charge is 0.481 e. The second kappa shape index (κ2) is 16.8. The number of aliphatic hydroxyl groups excluding tert-OH is 1. The second-order valence-electron chi connectivity index (χ2n) is 5.56. The average Bonchev–Trinajstić information content (AvgIpc) is 2.51. The Bertz CT molecular complexity index is 392. The molecule has 0 heterocycles. The number of unbranched alkanes of at least 4 members (excludes halogenated alkanes) is 1. The fraction of sp³-hybridized carbons (Fsp3) is 0.550. The molecule has 130 valence electrons. The van der Waals surface area contributed by atoms with E-state index in [9.17, 15) is 9.90 Å². The summed E-state index contributed by atoms with van der Waals surface area (Å²) in [4.78, 5) is 10.3. The van der Waals surface area contributed by atoms with Gasteiger partial charge in [-0.25, -0.2) is 0 Å². The van der Waals surface area contributed by atoms with E-state index in [0.29, 0.717) is 6.42 Å². The van der Waals surface area contributed by atoms with Gasteiger partial charge in [0.15, 0.2) is 0 Å². The first kappa shape index (κ1) is 21.4. The van der Waals surface area contributed by atoms with Crippen LogP contribution in [0.25, 0.3) is 0 Å². The van der Waals surface area contributed by atoms with E-state index in [-0.39, 0.29) is 12.5 Å². The zero-order valence-electron chi connectivity index (χ0n) is 14.4. The van der Waals surface area contributed by atoms with Crippen LogP contribution in [0.5, 0.6) is 0 Å². The lowest BCUT2D eigenvalue weighted by molar-refractivity contribution is -0.137. The van der Waals surface area contributed by atoms with Gasteiger partial charge in [0, 0.05) is 6.42 Å². The molecule has 0 bridgehead atoms. The molecule has 3 heteroatoms. The molecule has 0 amide bonds. The third-order valence-corrected chi connectivity index (χ3v) is 3.27. The normalized spacial score (nSPS) is 13.8. The second-order valence-corrected chi connectivity index (χ2v) is 5.56. The molecule has 0 aliphatic rings. The highest BCUT2D eigenvalue weighted by molar-refractivity contribution is 5.66. The van der Waals surface area contributed by atoms with Gasteiger partial charge >= 0.3 is 5.97 Å². The Morgan fingerprint density at radius 1 is 0.913 bits per heavy atom. The SMILES string of the molecule is CCC[C@H](O)CC=CCC=CCC=CCC=CCCCC(=O)O. The maximum atomic E-state index is 10.3. The Morgan fingerprint density at radius 2 is 1.43 bits per heavy atom. The van der Waals surface area contributed by atoms with Crippen LogP contribution in [-0.4, -0.2) is 22.3 Å². The highest BCUT2D eigenvalue weighted by Crippen LogP contribution is 2.02. The summed E-state index contributed by atoms with van der Waals surface area (Å²) in [5.74, 6) is -0.725. The van der Waals surface area contributed by atoms with Crippen molar-refractivity contribution in [3.8, 4) is 0 Å². The van der Waals surface area contributed by atoms with Gasteiger partial charge in [-0.1, -0.05) is 62.0 Å². The van der Waals surface area contributed by atoms with Gasteiger partial charge in [-0.3, -0.25) is 4.79 Å². The van der Waals surface area contributed by atoms with Crippen LogP contribution in [0.3, 0.4) is 0 Å². The molecular formula is C20H32O3. The molecular weight excluding hydrogens is 288 g/mol. The molecule has 23 heavy (non-hydrogen) atoms. The molecule has 0 aromatic rings. The Labute approximate surface area is 141 Å². The summed E-state index contributed by atoms with van der Waals surface area (Å²) >= 11 is 0. The average molecular weight is 320 g/mol. The summed E-state index contributed by atoms with van der Waals surface area (Å²) in [6, 6.07) is 0. The number of carboxylic acid groups (broad SMARTS) is 1. The number of aliphatic carboxylic acids is 1. The van der Waals surface area contributed by atoms with Gasteiger partial charge in [0.1, 0.15) is 0 Å². The minimum absolute atomic E-state index is 0.194. The van der Waals surface area contributed by atoms with Crippen molar-refractivity contribution in [3.05, 3.63) is 48.6 Å². The van der Waals surface area contributed by atoms with Crippen LogP contribution >= 0.6 is 0 Å². The first-order valence-electron chi connectivity index (χ1n) is 8.66. The van der Waals surface area contributed by atoms with E-state index in [4.69, 9.17) is 5.11 Å². The maximum Gasteiger partial charge on any atom is 0.303 e. The van der Waals surface area contributed by atoms with Gasteiger partial charge in [-0.05, 0) is 44.9 Å². The van der Waals surface area contributed by atoms with Crippen LogP contribution in [0, 0.1) is 0 Å². The highest BCUT2D eigenvalue weighted by Gasteiger charge is 1.97. The summed E-state index contributed by atoms with van der Waals surface area (Å²) in [5, 5.41) is 18.0. The summed E-state index contributed by atoms with van der Waals surface area (Å²) in [7, 11) is 0. The van der Waals surface area contributed by atoms with Gasteiger partial charge in [-0.2, -0.15) is 0 Å². The highest BCUT2D eigenvalue weighted by atomic mass is 16.4. The van der Waals surface area contributed by atoms with Crippen LogP contribution in [0.4, 0.5) is 0 Å². The Hall–Kier alpha value is -1.61. The first-order valence-corrected chi connectivity index (χ1v) is 8.66. The van der Waals surface area contributed by atoms with Gasteiger partial charge in [0.05, 0.1) is 6.10 Å². The maximum absolute atomic E-state index is 10.3. The van der Waals surface area contributed by atoms with E-state index in [2.05, 4.69) is 49.5 Å². The molecule has 0 rings (SSSR count). The predicted octanol–water partition coefficient (Wildman–Crippen LogP) is 5.19. The lowest BCUT2D eigenvalue weighted by Gasteiger charge is -2.03. The lowest BCUT2D eigenvalue weighted by atomic mass is 10.1. The van der Waals surface area contributed by atoms with Crippen molar-refractivity contribution >= 4 is 5.97 Å². The smallest absolute Gasteiger partial charge is 0.303 e. The van der Waals surface area contributed by atoms with E-state index >= 15 is 0 Å². The van der Waals surface area contributed by atoms with Crippen molar-refractivity contribution in [2.24, 2.45) is 0 Å². The molecule has 0 aliphatic heterocycles. The van der Waals surface area contributed by atoms with Gasteiger partial charge in [0.25, 0.3) is 0 Å². The zero-order chi connectivity index (χ0) is 17.2. The lowest BCUT2D eigenvalue weighted by Crippen LogP contribution is -2.02. The van der Waals surface area contributed by atoms with Crippen LogP contribution < -0.4 is 0 Å². The number of rotatable bonds is 14. The van der Waals surface area contributed by atoms with Crippen molar-refractivity contribution in [3.63, 3.8) is 0 Å². The number of hydrogen-bond acceptors (Lipinski definition) is 2. The molecule has 0 saturated heterocycles. The minimum atomic E-state index is -0.725. The van der Waals surface area contributed by atoms with Crippen LogP contribution in [0.2, 0.25) is 0 Å². The van der Waals surface area contributed by atoms with Crippen LogP contribution in [0.15, 0.2) is 48.6 Å². The molecule has 0 saturated carbocycles. The predicted molar refractivity (Wildman–Crippen MR) is 97.4 cm³/mol. The van der Waals surface area contributed by atoms with E-state index < -0.39 is 5.97 Å². The van der Waals surface area contributed by atoms with E-state index in [1.807, 2.05) is 6.08 Å². The summed E-state index contributed by atoms with van der Waals surface area (Å²) in [5.41, 5.74) is 0. The molecule has 0 unspecified atom stereocenters. The quantitative estimate of drug-likeness (QED) is 0.342. The van der Waals surface area contributed by atoms with Gasteiger partial charge in [0.2, 0.25) is 0 Å². The standard InChI is InChI=1S/C20H32O3/c1-2-16-19(21)17-14-12-10-8-6-4-3-5-7-9-11-13-15-18-20(22)23/h3,5-6,8-9,11-12,14,19,21H,2,4,7,10,13,15-18H2,1H3,(H,22,23)/t19-/m0/s1. The topological polar surface area (TPSA) is 57.5 Å². The molecule has 0 aliphatic carbocycles. The molecule has 2 N–H and O–H groups in total. The molecule has 0 aromatic carbocycles. The van der Waals surface area contributed by atoms with Crippen molar-refractivity contribution in [2.45, 2.75) is 70.8 Å². The monoisotopic (exact) mass is 320 g/mol. The molecule has 0 spiro atoms. The van der Waals surface area contributed by atoms with Crippen molar-refractivity contribution in [1.29, 1.82) is 0 Å².